The van der Waals surface area contributed by atoms with E-state index in [1.807, 2.05) is 111 Å². The highest BCUT2D eigenvalue weighted by Crippen LogP contribution is 2.53. The summed E-state index contributed by atoms with van der Waals surface area (Å²) in [5.41, 5.74) is 2.70. The molecule has 4 N–H and O–H groups in total. The number of fused-ring (bicyclic) bond motifs is 3. The molecular formula is C70H77N7O12. The second-order valence-corrected chi connectivity index (χ2v) is 23.5. The highest BCUT2D eigenvalue weighted by atomic mass is 16.7. The van der Waals surface area contributed by atoms with Crippen molar-refractivity contribution >= 4 is 29.0 Å². The van der Waals surface area contributed by atoms with Crippen molar-refractivity contribution in [3.8, 4) is 23.0 Å². The van der Waals surface area contributed by atoms with Gasteiger partial charge in [-0.25, -0.2) is 0 Å². The summed E-state index contributed by atoms with van der Waals surface area (Å²) in [4.78, 5) is 91.7. The van der Waals surface area contributed by atoms with E-state index in [1.54, 1.807) is 6.92 Å². The largest absolute Gasteiger partial charge is 0.507 e. The normalized spacial score (nSPS) is 19.5. The van der Waals surface area contributed by atoms with Gasteiger partial charge in [0.1, 0.15) is 34.4 Å². The highest BCUT2D eigenvalue weighted by Gasteiger charge is 2.50. The van der Waals surface area contributed by atoms with Gasteiger partial charge in [-0.3, -0.25) is 53.7 Å². The summed E-state index contributed by atoms with van der Waals surface area (Å²) < 4.78 is 24.8. The van der Waals surface area contributed by atoms with Gasteiger partial charge in [0.15, 0.2) is 17.9 Å². The Morgan fingerprint density at radius 1 is 0.674 bits per heavy atom. The molecule has 0 spiro atoms. The van der Waals surface area contributed by atoms with Gasteiger partial charge in [-0.1, -0.05) is 56.3 Å². The number of aromatic hydroxyl groups is 2. The van der Waals surface area contributed by atoms with Crippen LogP contribution in [0.4, 0.5) is 0 Å². The quantitative estimate of drug-likeness (QED) is 0.0263. The van der Waals surface area contributed by atoms with E-state index in [9.17, 15) is 39.3 Å². The molecule has 4 aromatic heterocycles. The lowest BCUT2D eigenvalue weighted by molar-refractivity contribution is -0.238. The number of carbonyl (C=O) groups excluding carboxylic acids is 5. The van der Waals surface area contributed by atoms with Crippen LogP contribution in [0.5, 0.6) is 23.0 Å². The van der Waals surface area contributed by atoms with Crippen molar-refractivity contribution in [3.63, 3.8) is 0 Å². The molecule has 5 heterocycles. The van der Waals surface area contributed by atoms with Crippen molar-refractivity contribution in [1.29, 1.82) is 0 Å². The molecule has 6 atom stereocenters. The standard InChI is InChI=1S/C70H77N7O12/c1-5-59(79)70(85)36-55-63(69(84)65-64(67(55)82)66(81)54-23-17-24-57(86-4)62(54)68(65)83)58(37-70)89-61-35-56(44(2)45(3)88-61)75-60(80)26-25-52(78)22-7-6-16-31-87-53-33-46(38-76(40-48-18-8-12-27-71-48)41-49-19-9-13-28-72-49)32-47(34-53)39-77(42-50-20-10-14-29-73-50)43-51-21-11-15-30-74-51/h8-15,17-21,23-24,27-30,32-34,44-45,56,58,61,82,84-85H,5-7,16,22,25-26,31,35-43H2,1-4H3,(H,75,80)/t44-,45+,56?,58+,61+,70+/m1/s1. The van der Waals surface area contributed by atoms with Crippen LogP contribution in [0.2, 0.25) is 0 Å². The molecule has 19 nitrogen and oxygen atoms in total. The minimum absolute atomic E-state index is 0.0337. The van der Waals surface area contributed by atoms with Gasteiger partial charge >= 0.3 is 0 Å². The lowest BCUT2D eigenvalue weighted by Crippen LogP contribution is -2.52. The maximum absolute atomic E-state index is 14.2. The number of carbonyl (C=O) groups is 5. The summed E-state index contributed by atoms with van der Waals surface area (Å²) >= 11 is 0. The first-order valence-electron chi connectivity index (χ1n) is 30.6. The molecule has 1 saturated heterocycles. The molecule has 1 amide bonds. The van der Waals surface area contributed by atoms with Gasteiger partial charge in [-0.2, -0.15) is 0 Å². The zero-order valence-electron chi connectivity index (χ0n) is 50.8. The average molecular weight is 1210 g/mol. The molecule has 0 saturated carbocycles. The van der Waals surface area contributed by atoms with Crippen LogP contribution in [-0.4, -0.2) is 112 Å². The molecule has 3 aromatic carbocycles. The molecule has 0 bridgehead atoms. The predicted octanol–water partition coefficient (Wildman–Crippen LogP) is 9.83. The van der Waals surface area contributed by atoms with Crippen molar-refractivity contribution in [2.24, 2.45) is 5.92 Å². The number of aromatic nitrogens is 4. The van der Waals surface area contributed by atoms with Gasteiger partial charge in [0.25, 0.3) is 0 Å². The number of amides is 1. The molecule has 7 aromatic rings. The third-order valence-electron chi connectivity index (χ3n) is 17.1. The van der Waals surface area contributed by atoms with Gasteiger partial charge in [-0.15, -0.1) is 0 Å². The number of hydrogen-bond donors (Lipinski definition) is 4. The lowest BCUT2D eigenvalue weighted by Gasteiger charge is -2.43. The molecule has 1 unspecified atom stereocenters. The fourth-order valence-electron chi connectivity index (χ4n) is 12.4. The smallest absolute Gasteiger partial charge is 0.220 e. The number of methoxy groups -OCH3 is 1. The van der Waals surface area contributed by atoms with Crippen LogP contribution in [0, 0.1) is 5.92 Å². The summed E-state index contributed by atoms with van der Waals surface area (Å²) in [6, 6.07) is 34.2. The van der Waals surface area contributed by atoms with Crippen LogP contribution in [0.1, 0.15) is 162 Å². The number of rotatable bonds is 28. The molecule has 0 radical (unpaired) electrons. The van der Waals surface area contributed by atoms with Gasteiger partial charge in [0.05, 0.1) is 65.4 Å². The Hall–Kier alpha value is -8.59. The topological polar surface area (TPSA) is 253 Å². The maximum atomic E-state index is 14.2. The zero-order valence-corrected chi connectivity index (χ0v) is 50.8. The number of nitrogens with zero attached hydrogens (tertiary/aromatic N) is 6. The van der Waals surface area contributed by atoms with E-state index in [4.69, 9.17) is 18.9 Å². The Morgan fingerprint density at radius 2 is 1.25 bits per heavy atom. The molecule has 1 fully saturated rings. The lowest BCUT2D eigenvalue weighted by atomic mass is 9.71. The van der Waals surface area contributed by atoms with Gasteiger partial charge in [0, 0.05) is 138 Å². The zero-order chi connectivity index (χ0) is 62.6. The minimum atomic E-state index is -2.08. The monoisotopic (exact) mass is 1210 g/mol. The van der Waals surface area contributed by atoms with E-state index in [0.29, 0.717) is 65.1 Å². The Kier molecular flexibility index (Phi) is 20.8. The van der Waals surface area contributed by atoms with Crippen molar-refractivity contribution in [3.05, 3.63) is 201 Å². The average Bonchev–Trinajstić information content (AvgIpc) is 0.807. The maximum Gasteiger partial charge on any atom is 0.220 e. The second-order valence-electron chi connectivity index (χ2n) is 23.5. The summed E-state index contributed by atoms with van der Waals surface area (Å²) in [5, 5.41) is 38.9. The Bertz CT molecular complexity index is 3440. The number of benzene rings is 3. The number of hydrogen-bond acceptors (Lipinski definition) is 18. The fraction of sp³-hybridized carbons (Fsp3) is 0.386. The number of ether oxygens (including phenoxy) is 4. The van der Waals surface area contributed by atoms with Crippen LogP contribution < -0.4 is 14.8 Å². The molecule has 89 heavy (non-hydrogen) atoms. The summed E-state index contributed by atoms with van der Waals surface area (Å²) in [6.07, 6.45) is 5.99. The molecular weight excluding hydrogens is 1130 g/mol. The second kappa shape index (κ2) is 29.2. The first kappa shape index (κ1) is 63.4. The predicted molar refractivity (Wildman–Crippen MR) is 330 cm³/mol. The highest BCUT2D eigenvalue weighted by molar-refractivity contribution is 6.31. The molecule has 1 aliphatic heterocycles. The van der Waals surface area contributed by atoms with Crippen LogP contribution in [0.3, 0.4) is 0 Å². The van der Waals surface area contributed by atoms with Crippen molar-refractivity contribution in [2.75, 3.05) is 13.7 Å². The molecule has 10 rings (SSSR count). The summed E-state index contributed by atoms with van der Waals surface area (Å²) in [7, 11) is 1.35. The fourth-order valence-corrected chi connectivity index (χ4v) is 12.4. The number of nitrogens with one attached hydrogen (secondary N) is 1. The summed E-state index contributed by atoms with van der Waals surface area (Å²) in [5.74, 6) is -3.06. The van der Waals surface area contributed by atoms with Crippen LogP contribution in [-0.2, 0) is 69.5 Å². The minimum Gasteiger partial charge on any atom is -0.507 e. The van der Waals surface area contributed by atoms with E-state index < -0.39 is 76.5 Å². The van der Waals surface area contributed by atoms with E-state index in [-0.39, 0.29) is 77.7 Å². The molecule has 2 aliphatic carbocycles. The third kappa shape index (κ3) is 15.5. The van der Waals surface area contributed by atoms with E-state index in [2.05, 4.69) is 53.3 Å². The number of pyridine rings is 4. The van der Waals surface area contributed by atoms with Gasteiger partial charge < -0.3 is 39.6 Å². The van der Waals surface area contributed by atoms with Gasteiger partial charge in [0.2, 0.25) is 11.7 Å². The van der Waals surface area contributed by atoms with E-state index in [1.165, 1.54) is 25.3 Å². The van der Waals surface area contributed by atoms with Crippen molar-refractivity contribution in [1.82, 2.24) is 35.1 Å². The first-order chi connectivity index (χ1) is 43.1. The molecule has 3 aliphatic rings. The first-order valence-corrected chi connectivity index (χ1v) is 30.6. The Balaban J connectivity index is 0.752. The molecule has 19 heteroatoms. The number of phenolic OH excluding ortho intramolecular Hbond substituents is 2. The van der Waals surface area contributed by atoms with Crippen LogP contribution in [0.25, 0.3) is 0 Å². The molecule has 464 valence electrons. The van der Waals surface area contributed by atoms with Crippen LogP contribution >= 0.6 is 0 Å². The third-order valence-corrected chi connectivity index (χ3v) is 17.1. The number of ketones is 4. The number of unbranched alkanes of at least 4 members (excludes halogenated alkanes) is 2. The number of aliphatic hydroxyl groups is 1. The number of Topliss-reactive ketones (excluding diaryl/α,β-unsaturated/α-hetero) is 2. The SMILES string of the molecule is CCC(=O)[C@]1(O)Cc2c(O)c3c(c(O)c2[C@@H](O[C@H]2CC(NC(=O)CCC(=O)CCCCCOc4cc(CN(Cc5ccccn5)Cc5ccccn5)cc(CN(Cc5ccccn5)Cc5ccccn5)c4)[C@H](C)[C@H](C)O2)C1)C(=O)c1c(OC)cccc1C3=O. The van der Waals surface area contributed by atoms with E-state index in [0.717, 1.165) is 46.1 Å². The van der Waals surface area contributed by atoms with Gasteiger partial charge in [-0.05, 0) is 104 Å². The van der Waals surface area contributed by atoms with Crippen LogP contribution in [0.15, 0.2) is 134 Å². The Morgan fingerprint density at radius 3 is 1.79 bits per heavy atom. The van der Waals surface area contributed by atoms with E-state index >= 15 is 0 Å². The number of phenols is 2. The Labute approximate surface area is 518 Å². The van der Waals surface area contributed by atoms with Crippen molar-refractivity contribution in [2.45, 2.75) is 154 Å². The van der Waals surface area contributed by atoms with Crippen molar-refractivity contribution < 1.29 is 58.2 Å². The summed E-state index contributed by atoms with van der Waals surface area (Å²) in [6.45, 7) is 9.42.